The summed E-state index contributed by atoms with van der Waals surface area (Å²) in [5, 5.41) is 14.5. The first-order valence-electron chi connectivity index (χ1n) is 7.12. The van der Waals surface area contributed by atoms with E-state index in [4.69, 9.17) is 0 Å². The minimum Gasteiger partial charge on any atom is -0.262 e. The van der Waals surface area contributed by atoms with Gasteiger partial charge in [-0.15, -0.1) is 0 Å². The minimum absolute atomic E-state index is 0.0217. The van der Waals surface area contributed by atoms with Gasteiger partial charge in [-0.25, -0.2) is 4.98 Å². The lowest BCUT2D eigenvalue weighted by atomic mass is 10.1. The molecule has 110 valence electrons. The number of aromatic nitrogens is 1. The van der Waals surface area contributed by atoms with Gasteiger partial charge in [-0.05, 0) is 18.9 Å². The molecular weight excluding hydrogens is 256 g/mol. The smallest absolute Gasteiger partial charge is 0.262 e. The highest BCUT2D eigenvalue weighted by atomic mass is 16.6. The number of hydrogen-bond donors (Lipinski definition) is 1. The summed E-state index contributed by atoms with van der Waals surface area (Å²) in [5.74, 6) is 0.509. The molecule has 1 heterocycles. The van der Waals surface area contributed by atoms with Crippen LogP contribution in [0.25, 0.3) is 0 Å². The first kappa shape index (κ1) is 16.1. The second kappa shape index (κ2) is 9.89. The molecule has 0 atom stereocenters. The molecule has 0 aliphatic carbocycles. The van der Waals surface area contributed by atoms with Crippen LogP contribution >= 0.6 is 0 Å². The van der Waals surface area contributed by atoms with E-state index in [0.717, 1.165) is 12.8 Å². The summed E-state index contributed by atoms with van der Waals surface area (Å²) in [6.45, 7) is 2.21. The van der Waals surface area contributed by atoms with Crippen molar-refractivity contribution in [3.05, 3.63) is 28.4 Å². The first-order valence-corrected chi connectivity index (χ1v) is 7.12. The number of hydrogen-bond acceptors (Lipinski definition) is 5. The molecule has 0 radical (unpaired) electrons. The molecule has 0 aromatic carbocycles. The van der Waals surface area contributed by atoms with Gasteiger partial charge in [0.15, 0.2) is 0 Å². The third-order valence-corrected chi connectivity index (χ3v) is 2.92. The zero-order valence-corrected chi connectivity index (χ0v) is 11.9. The Hall–Kier alpha value is -1.98. The summed E-state index contributed by atoms with van der Waals surface area (Å²) >= 11 is 0. The molecule has 0 unspecified atom stereocenters. The van der Waals surface area contributed by atoms with Crippen molar-refractivity contribution < 1.29 is 4.92 Å². The lowest BCUT2D eigenvalue weighted by molar-refractivity contribution is -0.385. The summed E-state index contributed by atoms with van der Waals surface area (Å²) in [6, 6.07) is 2.94. The highest BCUT2D eigenvalue weighted by Crippen LogP contribution is 2.11. The molecule has 6 heteroatoms. The number of unbranched alkanes of at least 4 members (excludes halogenated alkanes) is 6. The van der Waals surface area contributed by atoms with E-state index < -0.39 is 4.92 Å². The van der Waals surface area contributed by atoms with Crippen LogP contribution in [-0.4, -0.2) is 16.1 Å². The molecule has 0 aliphatic heterocycles. The number of anilines is 1. The maximum atomic E-state index is 10.5. The minimum atomic E-state index is -0.474. The van der Waals surface area contributed by atoms with E-state index in [1.165, 1.54) is 44.4 Å². The Labute approximate surface area is 119 Å². The molecule has 20 heavy (non-hydrogen) atoms. The fraction of sp³-hybridized carbons (Fsp3) is 0.571. The fourth-order valence-corrected chi connectivity index (χ4v) is 1.75. The van der Waals surface area contributed by atoms with E-state index in [1.807, 2.05) is 6.21 Å². The molecule has 1 aromatic rings. The van der Waals surface area contributed by atoms with Gasteiger partial charge in [0.1, 0.15) is 12.0 Å². The standard InChI is InChI=1S/C14H22N4O2/c1-2-3-4-5-6-7-8-11-16-17-14-10-9-13(12-15-14)18(19)20/h9-12H,2-8H2,1H3,(H,15,17)/b16-11+. The number of nitrogens with one attached hydrogen (secondary N) is 1. The molecule has 0 saturated heterocycles. The Morgan fingerprint density at radius 3 is 2.70 bits per heavy atom. The van der Waals surface area contributed by atoms with Gasteiger partial charge in [-0.1, -0.05) is 39.0 Å². The summed E-state index contributed by atoms with van der Waals surface area (Å²) in [7, 11) is 0. The van der Waals surface area contributed by atoms with Crippen LogP contribution in [0.4, 0.5) is 11.5 Å². The Morgan fingerprint density at radius 2 is 2.05 bits per heavy atom. The normalized spacial score (nSPS) is 10.8. The molecule has 0 saturated carbocycles. The van der Waals surface area contributed by atoms with Crippen molar-refractivity contribution in [2.75, 3.05) is 5.43 Å². The van der Waals surface area contributed by atoms with Crippen LogP contribution in [0.2, 0.25) is 0 Å². The van der Waals surface area contributed by atoms with Crippen molar-refractivity contribution in [3.8, 4) is 0 Å². The van der Waals surface area contributed by atoms with E-state index in [-0.39, 0.29) is 5.69 Å². The lowest BCUT2D eigenvalue weighted by Gasteiger charge is -1.99. The first-order chi connectivity index (χ1) is 9.74. The number of nitrogens with zero attached hydrogens (tertiary/aromatic N) is 3. The Kier molecular flexibility index (Phi) is 7.95. The molecule has 1 N–H and O–H groups in total. The second-order valence-electron chi connectivity index (χ2n) is 4.64. The SMILES string of the molecule is CCCCCCCC/C=N/Nc1ccc([N+](=O)[O-])cn1. The van der Waals surface area contributed by atoms with E-state index in [9.17, 15) is 10.1 Å². The second-order valence-corrected chi connectivity index (χ2v) is 4.64. The topological polar surface area (TPSA) is 80.4 Å². The van der Waals surface area contributed by atoms with Gasteiger partial charge >= 0.3 is 0 Å². The maximum Gasteiger partial charge on any atom is 0.287 e. The van der Waals surface area contributed by atoms with E-state index in [0.29, 0.717) is 5.82 Å². The van der Waals surface area contributed by atoms with E-state index in [2.05, 4.69) is 22.4 Å². The molecule has 0 fully saturated rings. The zero-order chi connectivity index (χ0) is 14.6. The van der Waals surface area contributed by atoms with E-state index >= 15 is 0 Å². The summed E-state index contributed by atoms with van der Waals surface area (Å²) in [4.78, 5) is 13.9. The van der Waals surface area contributed by atoms with Crippen molar-refractivity contribution in [2.24, 2.45) is 5.10 Å². The predicted octanol–water partition coefficient (Wildman–Crippen LogP) is 4.14. The van der Waals surface area contributed by atoms with Gasteiger partial charge < -0.3 is 0 Å². The lowest BCUT2D eigenvalue weighted by Crippen LogP contribution is -1.94. The average molecular weight is 278 g/mol. The van der Waals surface area contributed by atoms with Crippen LogP contribution in [0.15, 0.2) is 23.4 Å². The summed E-state index contributed by atoms with van der Waals surface area (Å²) in [6.07, 6.45) is 11.6. The largest absolute Gasteiger partial charge is 0.287 e. The van der Waals surface area contributed by atoms with Crippen LogP contribution < -0.4 is 5.43 Å². The van der Waals surface area contributed by atoms with E-state index in [1.54, 1.807) is 6.07 Å². The predicted molar refractivity (Wildman–Crippen MR) is 81.0 cm³/mol. The Morgan fingerprint density at radius 1 is 1.30 bits per heavy atom. The number of hydrazone groups is 1. The van der Waals surface area contributed by atoms with Gasteiger partial charge in [0.05, 0.1) is 4.92 Å². The van der Waals surface area contributed by atoms with Gasteiger partial charge in [0.2, 0.25) is 0 Å². The van der Waals surface area contributed by atoms with Crippen molar-refractivity contribution in [1.29, 1.82) is 0 Å². The van der Waals surface area contributed by atoms with Crippen LogP contribution in [-0.2, 0) is 0 Å². The van der Waals surface area contributed by atoms with Gasteiger partial charge in [-0.3, -0.25) is 15.5 Å². The molecule has 0 bridgehead atoms. The Balaban J connectivity index is 2.13. The fourth-order valence-electron chi connectivity index (χ4n) is 1.75. The molecular formula is C14H22N4O2. The molecule has 1 rings (SSSR count). The van der Waals surface area contributed by atoms with Crippen molar-refractivity contribution in [3.63, 3.8) is 0 Å². The maximum absolute atomic E-state index is 10.5. The average Bonchev–Trinajstić information content (AvgIpc) is 2.46. The number of nitro groups is 1. The zero-order valence-electron chi connectivity index (χ0n) is 11.9. The number of rotatable bonds is 10. The van der Waals surface area contributed by atoms with Gasteiger partial charge in [0.25, 0.3) is 5.69 Å². The summed E-state index contributed by atoms with van der Waals surface area (Å²) < 4.78 is 0. The molecule has 0 amide bonds. The quantitative estimate of drug-likeness (QED) is 0.302. The van der Waals surface area contributed by atoms with Crippen LogP contribution in [0.1, 0.15) is 51.9 Å². The molecule has 0 aliphatic rings. The summed E-state index contributed by atoms with van der Waals surface area (Å²) in [5.41, 5.74) is 2.74. The van der Waals surface area contributed by atoms with Crippen LogP contribution in [0.3, 0.4) is 0 Å². The van der Waals surface area contributed by atoms with Crippen LogP contribution in [0, 0.1) is 10.1 Å². The molecule has 6 nitrogen and oxygen atoms in total. The number of pyridine rings is 1. The Bertz CT molecular complexity index is 418. The van der Waals surface area contributed by atoms with Crippen LogP contribution in [0.5, 0.6) is 0 Å². The highest BCUT2D eigenvalue weighted by Gasteiger charge is 2.03. The third-order valence-electron chi connectivity index (χ3n) is 2.92. The van der Waals surface area contributed by atoms with Crippen molar-refractivity contribution >= 4 is 17.7 Å². The van der Waals surface area contributed by atoms with Crippen molar-refractivity contribution in [2.45, 2.75) is 51.9 Å². The monoisotopic (exact) mass is 278 g/mol. The molecule has 0 spiro atoms. The van der Waals surface area contributed by atoms with Gasteiger partial charge in [0, 0.05) is 12.3 Å². The highest BCUT2D eigenvalue weighted by molar-refractivity contribution is 5.58. The van der Waals surface area contributed by atoms with Gasteiger partial charge in [-0.2, -0.15) is 5.10 Å². The van der Waals surface area contributed by atoms with Crippen molar-refractivity contribution in [1.82, 2.24) is 4.98 Å². The third kappa shape index (κ3) is 6.82. The molecule has 1 aromatic heterocycles.